The number of nitro groups is 1. The topological polar surface area (TPSA) is 43.1 Å². The highest BCUT2D eigenvalue weighted by atomic mass is 35.5. The molecule has 0 saturated heterocycles. The Morgan fingerprint density at radius 3 is 2.00 bits per heavy atom. The van der Waals surface area contributed by atoms with Gasteiger partial charge in [0.1, 0.15) is 0 Å². The quantitative estimate of drug-likeness (QED) is 0.455. The van der Waals surface area contributed by atoms with Crippen molar-refractivity contribution >= 4 is 17.3 Å². The molecule has 2 atom stereocenters. The second-order valence-corrected chi connectivity index (χ2v) is 4.98. The van der Waals surface area contributed by atoms with E-state index in [1.54, 1.807) is 12.1 Å². The molecule has 4 heteroatoms. The van der Waals surface area contributed by atoms with Crippen molar-refractivity contribution < 1.29 is 4.92 Å². The maximum absolute atomic E-state index is 10.5. The van der Waals surface area contributed by atoms with Crippen molar-refractivity contribution in [2.24, 2.45) is 5.92 Å². The summed E-state index contributed by atoms with van der Waals surface area (Å²) >= 11 is 6.14. The lowest BCUT2D eigenvalue weighted by Crippen LogP contribution is -2.15. The summed E-state index contributed by atoms with van der Waals surface area (Å²) < 4.78 is 0. The van der Waals surface area contributed by atoms with Crippen molar-refractivity contribution in [3.05, 3.63) is 39.9 Å². The van der Waals surface area contributed by atoms with Crippen LogP contribution in [0.2, 0.25) is 0 Å². The van der Waals surface area contributed by atoms with E-state index in [1.165, 1.54) is 12.1 Å². The van der Waals surface area contributed by atoms with E-state index in [9.17, 15) is 10.1 Å². The number of hydrogen-bond acceptors (Lipinski definition) is 2. The van der Waals surface area contributed by atoms with Crippen LogP contribution in [0.5, 0.6) is 0 Å². The Morgan fingerprint density at radius 1 is 1.19 bits per heavy atom. The Labute approximate surface area is 101 Å². The van der Waals surface area contributed by atoms with E-state index >= 15 is 0 Å². The fraction of sp³-hybridized carbons (Fsp3) is 0.500. The van der Waals surface area contributed by atoms with Gasteiger partial charge in [-0.1, -0.05) is 26.0 Å². The first-order valence-electron chi connectivity index (χ1n) is 5.32. The molecule has 0 radical (unpaired) electrons. The van der Waals surface area contributed by atoms with Crippen LogP contribution in [-0.2, 0) is 0 Å². The molecule has 2 unspecified atom stereocenters. The van der Waals surface area contributed by atoms with E-state index in [0.29, 0.717) is 5.92 Å². The van der Waals surface area contributed by atoms with E-state index in [1.807, 2.05) is 6.92 Å². The van der Waals surface area contributed by atoms with Crippen LogP contribution in [0.15, 0.2) is 24.3 Å². The molecule has 0 heterocycles. The largest absolute Gasteiger partial charge is 0.269 e. The van der Waals surface area contributed by atoms with E-state index in [2.05, 4.69) is 13.8 Å². The first kappa shape index (κ1) is 13.0. The fourth-order valence-electron chi connectivity index (χ4n) is 2.00. The predicted molar refractivity (Wildman–Crippen MR) is 66.0 cm³/mol. The van der Waals surface area contributed by atoms with Crippen LogP contribution in [-0.4, -0.2) is 10.3 Å². The lowest BCUT2D eigenvalue weighted by atomic mass is 9.86. The molecule has 88 valence electrons. The van der Waals surface area contributed by atoms with Crippen LogP contribution in [0.3, 0.4) is 0 Å². The molecule has 0 aliphatic rings. The molecule has 0 aliphatic heterocycles. The van der Waals surface area contributed by atoms with Crippen LogP contribution in [0.25, 0.3) is 0 Å². The number of benzene rings is 1. The zero-order valence-electron chi connectivity index (χ0n) is 9.68. The van der Waals surface area contributed by atoms with Gasteiger partial charge in [0.05, 0.1) is 4.92 Å². The van der Waals surface area contributed by atoms with Gasteiger partial charge in [0.15, 0.2) is 0 Å². The van der Waals surface area contributed by atoms with Crippen LogP contribution in [0.1, 0.15) is 32.3 Å². The summed E-state index contributed by atoms with van der Waals surface area (Å²) in [6, 6.07) is 6.65. The number of alkyl halides is 1. The molecule has 1 aromatic carbocycles. The number of nitrogens with zero attached hydrogens (tertiary/aromatic N) is 1. The molecule has 0 aliphatic carbocycles. The summed E-state index contributed by atoms with van der Waals surface area (Å²) in [5, 5.41) is 10.5. The van der Waals surface area contributed by atoms with Gasteiger partial charge in [-0.25, -0.2) is 0 Å². The third-order valence-electron chi connectivity index (χ3n) is 2.70. The van der Waals surface area contributed by atoms with Crippen LogP contribution < -0.4 is 0 Å². The molecule has 0 bridgehead atoms. The molecule has 0 saturated carbocycles. The van der Waals surface area contributed by atoms with Gasteiger partial charge in [0.2, 0.25) is 0 Å². The summed E-state index contributed by atoms with van der Waals surface area (Å²) in [7, 11) is 0. The summed E-state index contributed by atoms with van der Waals surface area (Å²) in [6.07, 6.45) is 0. The average Bonchev–Trinajstić information content (AvgIpc) is 2.17. The summed E-state index contributed by atoms with van der Waals surface area (Å²) in [5.41, 5.74) is 1.18. The summed E-state index contributed by atoms with van der Waals surface area (Å²) in [6.45, 7) is 6.16. The molecule has 3 nitrogen and oxygen atoms in total. The first-order valence-corrected chi connectivity index (χ1v) is 5.75. The van der Waals surface area contributed by atoms with E-state index in [4.69, 9.17) is 11.6 Å². The molecule has 0 aromatic heterocycles. The number of nitro benzene ring substituents is 1. The monoisotopic (exact) mass is 241 g/mol. The highest BCUT2D eigenvalue weighted by Gasteiger charge is 2.21. The molecule has 0 fully saturated rings. The van der Waals surface area contributed by atoms with Crippen molar-refractivity contribution in [1.82, 2.24) is 0 Å². The smallest absolute Gasteiger partial charge is 0.258 e. The maximum atomic E-state index is 10.5. The number of hydrogen-bond donors (Lipinski definition) is 0. The lowest BCUT2D eigenvalue weighted by molar-refractivity contribution is -0.384. The second kappa shape index (κ2) is 5.30. The van der Waals surface area contributed by atoms with E-state index < -0.39 is 4.92 Å². The standard InChI is InChI=1S/C12H16ClNO2/c1-8(2)12(9(3)13)10-4-6-11(7-5-10)14(15)16/h4-9,12H,1-3H3. The van der Waals surface area contributed by atoms with Gasteiger partial charge in [-0.3, -0.25) is 10.1 Å². The Kier molecular flexibility index (Phi) is 4.30. The van der Waals surface area contributed by atoms with Crippen molar-refractivity contribution in [3.8, 4) is 0 Å². The zero-order chi connectivity index (χ0) is 12.3. The minimum Gasteiger partial charge on any atom is -0.258 e. The van der Waals surface area contributed by atoms with E-state index in [-0.39, 0.29) is 17.0 Å². The van der Waals surface area contributed by atoms with Crippen molar-refractivity contribution in [2.75, 3.05) is 0 Å². The van der Waals surface area contributed by atoms with Gasteiger partial charge in [-0.2, -0.15) is 0 Å². The zero-order valence-corrected chi connectivity index (χ0v) is 10.4. The number of rotatable bonds is 4. The van der Waals surface area contributed by atoms with E-state index in [0.717, 1.165) is 5.56 Å². The van der Waals surface area contributed by atoms with Crippen molar-refractivity contribution in [2.45, 2.75) is 32.1 Å². The minimum absolute atomic E-state index is 0.0152. The molecular weight excluding hydrogens is 226 g/mol. The number of non-ortho nitro benzene ring substituents is 1. The van der Waals surface area contributed by atoms with Gasteiger partial charge in [-0.15, -0.1) is 11.6 Å². The highest BCUT2D eigenvalue weighted by molar-refractivity contribution is 6.20. The molecule has 0 N–H and O–H groups in total. The molecule has 16 heavy (non-hydrogen) atoms. The third kappa shape index (κ3) is 2.95. The summed E-state index contributed by atoms with van der Waals surface area (Å²) in [4.78, 5) is 10.1. The Morgan fingerprint density at radius 2 is 1.69 bits per heavy atom. The first-order chi connectivity index (χ1) is 7.43. The highest BCUT2D eigenvalue weighted by Crippen LogP contribution is 2.31. The van der Waals surface area contributed by atoms with Crippen molar-refractivity contribution in [1.29, 1.82) is 0 Å². The van der Waals surface area contributed by atoms with Gasteiger partial charge in [-0.05, 0) is 18.4 Å². The minimum atomic E-state index is -0.391. The molecule has 0 spiro atoms. The number of halogens is 1. The Balaban J connectivity index is 2.99. The average molecular weight is 242 g/mol. The molecule has 0 amide bonds. The summed E-state index contributed by atoms with van der Waals surface area (Å²) in [5.74, 6) is 0.636. The van der Waals surface area contributed by atoms with Gasteiger partial charge in [0, 0.05) is 23.4 Å². The maximum Gasteiger partial charge on any atom is 0.269 e. The molecular formula is C12H16ClNO2. The van der Waals surface area contributed by atoms with Crippen LogP contribution >= 0.6 is 11.6 Å². The third-order valence-corrected chi connectivity index (χ3v) is 2.97. The van der Waals surface area contributed by atoms with Gasteiger partial charge < -0.3 is 0 Å². The SMILES string of the molecule is CC(C)C(c1ccc([N+](=O)[O-])cc1)C(C)Cl. The Bertz CT molecular complexity index is 352. The lowest BCUT2D eigenvalue weighted by Gasteiger charge is -2.23. The molecule has 1 rings (SSSR count). The van der Waals surface area contributed by atoms with Crippen molar-refractivity contribution in [3.63, 3.8) is 0 Å². The fourth-order valence-corrected chi connectivity index (χ4v) is 2.44. The second-order valence-electron chi connectivity index (χ2n) is 4.30. The predicted octanol–water partition coefficient (Wildman–Crippen LogP) is 3.96. The normalized spacial score (nSPS) is 14.8. The Hall–Kier alpha value is -1.09. The molecule has 1 aromatic rings. The van der Waals surface area contributed by atoms with Gasteiger partial charge in [0.25, 0.3) is 5.69 Å². The van der Waals surface area contributed by atoms with Crippen LogP contribution in [0.4, 0.5) is 5.69 Å². The van der Waals surface area contributed by atoms with Crippen LogP contribution in [0, 0.1) is 16.0 Å². The van der Waals surface area contributed by atoms with Gasteiger partial charge >= 0.3 is 0 Å².